The molecule has 0 radical (unpaired) electrons. The van der Waals surface area contributed by atoms with Gasteiger partial charge in [0.25, 0.3) is 0 Å². The predicted octanol–water partition coefficient (Wildman–Crippen LogP) is 2.51. The first-order valence-corrected chi connectivity index (χ1v) is 5.17. The molecule has 1 N–H and O–H groups in total. The van der Waals surface area contributed by atoms with Gasteiger partial charge in [-0.25, -0.2) is 9.78 Å². The van der Waals surface area contributed by atoms with Crippen molar-refractivity contribution in [3.63, 3.8) is 0 Å². The van der Waals surface area contributed by atoms with Crippen molar-refractivity contribution >= 4 is 28.6 Å². The predicted molar refractivity (Wildman–Crippen MR) is 61.7 cm³/mol. The summed E-state index contributed by atoms with van der Waals surface area (Å²) in [5.41, 5.74) is -0.403. The SMILES string of the molecule is CC(C)(C(=O)O)n1ccc2cc(Cl)cnc21. The Balaban J connectivity index is 2.67. The lowest BCUT2D eigenvalue weighted by Gasteiger charge is -2.22. The summed E-state index contributed by atoms with van der Waals surface area (Å²) >= 11 is 5.82. The molecular weight excluding hydrogens is 228 g/mol. The number of fused-ring (bicyclic) bond motifs is 1. The van der Waals surface area contributed by atoms with Gasteiger partial charge in [-0.1, -0.05) is 11.6 Å². The lowest BCUT2D eigenvalue weighted by molar-refractivity contribution is -0.145. The lowest BCUT2D eigenvalue weighted by atomic mass is 10.1. The topological polar surface area (TPSA) is 55.1 Å². The fraction of sp³-hybridized carbons (Fsp3) is 0.273. The third kappa shape index (κ3) is 1.55. The molecule has 0 fully saturated rings. The van der Waals surface area contributed by atoms with Gasteiger partial charge < -0.3 is 9.67 Å². The van der Waals surface area contributed by atoms with Crippen LogP contribution in [0.2, 0.25) is 5.02 Å². The summed E-state index contributed by atoms with van der Waals surface area (Å²) in [6.45, 7) is 3.26. The highest BCUT2D eigenvalue weighted by Crippen LogP contribution is 2.24. The average Bonchev–Trinajstić information content (AvgIpc) is 2.60. The molecule has 0 unspecified atom stereocenters. The van der Waals surface area contributed by atoms with Crippen LogP contribution in [-0.4, -0.2) is 20.6 Å². The fourth-order valence-electron chi connectivity index (χ4n) is 1.55. The normalized spacial score (nSPS) is 11.9. The lowest BCUT2D eigenvalue weighted by Crippen LogP contribution is -2.35. The third-order valence-corrected chi connectivity index (χ3v) is 2.83. The van der Waals surface area contributed by atoms with E-state index in [2.05, 4.69) is 4.98 Å². The van der Waals surface area contributed by atoms with E-state index < -0.39 is 11.5 Å². The van der Waals surface area contributed by atoms with Crippen molar-refractivity contribution in [2.45, 2.75) is 19.4 Å². The van der Waals surface area contributed by atoms with Crippen LogP contribution >= 0.6 is 11.6 Å². The van der Waals surface area contributed by atoms with E-state index in [1.807, 2.05) is 0 Å². The zero-order valence-corrected chi connectivity index (χ0v) is 9.69. The van der Waals surface area contributed by atoms with Crippen LogP contribution in [-0.2, 0) is 10.3 Å². The van der Waals surface area contributed by atoms with Gasteiger partial charge in [-0.05, 0) is 26.0 Å². The highest BCUT2D eigenvalue weighted by Gasteiger charge is 2.30. The Bertz CT molecular complexity index is 560. The van der Waals surface area contributed by atoms with Gasteiger partial charge in [-0.15, -0.1) is 0 Å². The highest BCUT2D eigenvalue weighted by atomic mass is 35.5. The van der Waals surface area contributed by atoms with Gasteiger partial charge in [0.1, 0.15) is 11.2 Å². The first-order chi connectivity index (χ1) is 7.43. The van der Waals surface area contributed by atoms with Gasteiger partial charge in [0.05, 0.1) is 5.02 Å². The van der Waals surface area contributed by atoms with Gasteiger partial charge >= 0.3 is 5.97 Å². The number of carbonyl (C=O) groups is 1. The second kappa shape index (κ2) is 3.49. The van der Waals surface area contributed by atoms with Crippen LogP contribution in [0.4, 0.5) is 0 Å². The van der Waals surface area contributed by atoms with E-state index >= 15 is 0 Å². The molecule has 16 heavy (non-hydrogen) atoms. The van der Waals surface area contributed by atoms with Crippen molar-refractivity contribution in [3.8, 4) is 0 Å². The minimum atomic E-state index is -1.03. The smallest absolute Gasteiger partial charge is 0.329 e. The number of hydrogen-bond donors (Lipinski definition) is 1. The van der Waals surface area contributed by atoms with Crippen molar-refractivity contribution in [2.75, 3.05) is 0 Å². The van der Waals surface area contributed by atoms with Gasteiger partial charge in [0.15, 0.2) is 0 Å². The van der Waals surface area contributed by atoms with Gasteiger partial charge in [-0.3, -0.25) is 0 Å². The molecule has 0 aliphatic rings. The van der Waals surface area contributed by atoms with Crippen LogP contribution in [0.5, 0.6) is 0 Å². The molecule has 2 aromatic rings. The minimum absolute atomic E-state index is 0.540. The number of pyridine rings is 1. The number of carboxylic acids is 1. The molecule has 0 bridgehead atoms. The zero-order chi connectivity index (χ0) is 11.9. The summed E-state index contributed by atoms with van der Waals surface area (Å²) in [4.78, 5) is 15.3. The number of aromatic nitrogens is 2. The molecule has 0 saturated carbocycles. The third-order valence-electron chi connectivity index (χ3n) is 2.62. The van der Waals surface area contributed by atoms with Crippen LogP contribution in [0.25, 0.3) is 11.0 Å². The monoisotopic (exact) mass is 238 g/mol. The van der Waals surface area contributed by atoms with E-state index in [9.17, 15) is 4.79 Å². The first-order valence-electron chi connectivity index (χ1n) is 4.79. The maximum atomic E-state index is 11.2. The second-order valence-corrected chi connectivity index (χ2v) is 4.55. The molecule has 2 aromatic heterocycles. The highest BCUT2D eigenvalue weighted by molar-refractivity contribution is 6.31. The number of nitrogens with zero attached hydrogens (tertiary/aromatic N) is 2. The van der Waals surface area contributed by atoms with E-state index in [0.29, 0.717) is 10.7 Å². The molecule has 0 spiro atoms. The Hall–Kier alpha value is -1.55. The van der Waals surface area contributed by atoms with Gasteiger partial charge in [-0.2, -0.15) is 0 Å². The molecular formula is C11H11ClN2O2. The summed E-state index contributed by atoms with van der Waals surface area (Å²) in [5, 5.41) is 10.5. The van der Waals surface area contributed by atoms with E-state index in [1.54, 1.807) is 36.7 Å². The van der Waals surface area contributed by atoms with Crippen molar-refractivity contribution in [1.29, 1.82) is 0 Å². The van der Waals surface area contributed by atoms with E-state index in [0.717, 1.165) is 5.39 Å². The number of carboxylic acid groups (broad SMARTS) is 1. The largest absolute Gasteiger partial charge is 0.480 e. The Kier molecular flexibility index (Phi) is 2.39. The van der Waals surface area contributed by atoms with Crippen molar-refractivity contribution < 1.29 is 9.90 Å². The van der Waals surface area contributed by atoms with Crippen molar-refractivity contribution in [1.82, 2.24) is 9.55 Å². The average molecular weight is 239 g/mol. The summed E-state index contributed by atoms with van der Waals surface area (Å²) in [6, 6.07) is 3.57. The molecule has 2 rings (SSSR count). The Labute approximate surface area is 97.5 Å². The maximum absolute atomic E-state index is 11.2. The molecule has 0 amide bonds. The molecule has 0 atom stereocenters. The van der Waals surface area contributed by atoms with Crippen LogP contribution in [0, 0.1) is 0 Å². The fourth-order valence-corrected chi connectivity index (χ4v) is 1.72. The quantitative estimate of drug-likeness (QED) is 0.875. The minimum Gasteiger partial charge on any atom is -0.480 e. The first kappa shape index (κ1) is 11.0. The number of hydrogen-bond acceptors (Lipinski definition) is 2. The summed E-state index contributed by atoms with van der Waals surface area (Å²) in [7, 11) is 0. The molecule has 0 saturated heterocycles. The second-order valence-electron chi connectivity index (χ2n) is 4.12. The van der Waals surface area contributed by atoms with Crippen molar-refractivity contribution in [2.24, 2.45) is 0 Å². The Morgan fingerprint density at radius 1 is 1.56 bits per heavy atom. The summed E-state index contributed by atoms with van der Waals surface area (Å²) in [5.74, 6) is -0.901. The summed E-state index contributed by atoms with van der Waals surface area (Å²) < 4.78 is 1.63. The van der Waals surface area contributed by atoms with Crippen LogP contribution in [0.15, 0.2) is 24.5 Å². The van der Waals surface area contributed by atoms with Gasteiger partial charge in [0.2, 0.25) is 0 Å². The molecule has 5 heteroatoms. The maximum Gasteiger partial charge on any atom is 0.329 e. The number of rotatable bonds is 2. The van der Waals surface area contributed by atoms with E-state index in [4.69, 9.17) is 16.7 Å². The van der Waals surface area contributed by atoms with Gasteiger partial charge in [0, 0.05) is 17.8 Å². The molecule has 0 aliphatic carbocycles. The molecule has 84 valence electrons. The Morgan fingerprint density at radius 3 is 2.88 bits per heavy atom. The zero-order valence-electron chi connectivity index (χ0n) is 8.94. The standard InChI is InChI=1S/C11H11ClN2O2/c1-11(2,10(15)16)14-4-3-7-5-8(12)6-13-9(7)14/h3-6H,1-2H3,(H,15,16). The molecule has 4 nitrogen and oxygen atoms in total. The number of halogens is 1. The van der Waals surface area contributed by atoms with Crippen LogP contribution < -0.4 is 0 Å². The van der Waals surface area contributed by atoms with Crippen molar-refractivity contribution in [3.05, 3.63) is 29.5 Å². The molecule has 2 heterocycles. The summed E-state index contributed by atoms with van der Waals surface area (Å²) in [6.07, 6.45) is 3.22. The Morgan fingerprint density at radius 2 is 2.25 bits per heavy atom. The van der Waals surface area contributed by atoms with E-state index in [1.165, 1.54) is 6.20 Å². The molecule has 0 aromatic carbocycles. The number of aliphatic carboxylic acids is 1. The van der Waals surface area contributed by atoms with Crippen LogP contribution in [0.1, 0.15) is 13.8 Å². The van der Waals surface area contributed by atoms with E-state index in [-0.39, 0.29) is 0 Å². The van der Waals surface area contributed by atoms with Crippen LogP contribution in [0.3, 0.4) is 0 Å². The molecule has 0 aliphatic heterocycles.